The summed E-state index contributed by atoms with van der Waals surface area (Å²) in [6.45, 7) is 7.82. The van der Waals surface area contributed by atoms with Crippen LogP contribution in [0.5, 0.6) is 5.75 Å². The Balaban J connectivity index is 1.98. The molecule has 0 unspecified atom stereocenters. The topological polar surface area (TPSA) is 38.3 Å². The van der Waals surface area contributed by atoms with Gasteiger partial charge in [-0.05, 0) is 63.1 Å². The molecule has 122 valence electrons. The molecule has 0 aliphatic carbocycles. The average molecular weight is 332 g/mol. The maximum Gasteiger partial charge on any atom is 0.261 e. The number of rotatable bonds is 5. The number of benzene rings is 2. The minimum Gasteiger partial charge on any atom is -0.481 e. The second-order valence-corrected chi connectivity index (χ2v) is 6.24. The fraction of sp³-hybridized carbons (Fsp3) is 0.316. The second kappa shape index (κ2) is 7.51. The smallest absolute Gasteiger partial charge is 0.261 e. The number of nitrogens with one attached hydrogen (secondary N) is 1. The fourth-order valence-electron chi connectivity index (χ4n) is 2.49. The van der Waals surface area contributed by atoms with E-state index in [1.807, 2.05) is 6.92 Å². The van der Waals surface area contributed by atoms with Crippen LogP contribution < -0.4 is 10.1 Å². The van der Waals surface area contributed by atoms with Crippen molar-refractivity contribution in [2.75, 3.05) is 0 Å². The maximum absolute atomic E-state index is 12.3. The van der Waals surface area contributed by atoms with E-state index in [2.05, 4.69) is 37.4 Å². The number of amides is 1. The summed E-state index contributed by atoms with van der Waals surface area (Å²) in [6, 6.07) is 13.1. The Morgan fingerprint density at radius 1 is 1.09 bits per heavy atom. The van der Waals surface area contributed by atoms with E-state index in [4.69, 9.17) is 16.3 Å². The van der Waals surface area contributed by atoms with Gasteiger partial charge in [0.05, 0.1) is 6.04 Å². The zero-order valence-corrected chi connectivity index (χ0v) is 14.6. The predicted molar refractivity (Wildman–Crippen MR) is 94.0 cm³/mol. The normalized spacial score (nSPS) is 13.3. The van der Waals surface area contributed by atoms with Crippen LogP contribution in [0.1, 0.15) is 36.6 Å². The number of carbonyl (C=O) groups excluding carboxylic acids is 1. The third-order valence-corrected chi connectivity index (χ3v) is 4.00. The van der Waals surface area contributed by atoms with Crippen molar-refractivity contribution >= 4 is 17.5 Å². The van der Waals surface area contributed by atoms with E-state index in [1.54, 1.807) is 31.2 Å². The summed E-state index contributed by atoms with van der Waals surface area (Å²) in [4.78, 5) is 12.3. The molecular weight excluding hydrogens is 310 g/mol. The van der Waals surface area contributed by atoms with E-state index in [9.17, 15) is 4.79 Å². The largest absolute Gasteiger partial charge is 0.481 e. The first-order chi connectivity index (χ1) is 10.9. The van der Waals surface area contributed by atoms with Gasteiger partial charge in [0.15, 0.2) is 6.10 Å². The number of carbonyl (C=O) groups is 1. The van der Waals surface area contributed by atoms with Gasteiger partial charge in [0.1, 0.15) is 5.75 Å². The van der Waals surface area contributed by atoms with Crippen molar-refractivity contribution in [3.63, 3.8) is 0 Å². The molecule has 0 aliphatic heterocycles. The van der Waals surface area contributed by atoms with Crippen LogP contribution >= 0.6 is 11.6 Å². The minimum absolute atomic E-state index is 0.0700. The van der Waals surface area contributed by atoms with Gasteiger partial charge >= 0.3 is 0 Å². The predicted octanol–water partition coefficient (Wildman–Crippen LogP) is 4.60. The van der Waals surface area contributed by atoms with E-state index < -0.39 is 6.10 Å². The van der Waals surface area contributed by atoms with Crippen LogP contribution in [0.25, 0.3) is 0 Å². The van der Waals surface area contributed by atoms with Crippen molar-refractivity contribution in [2.24, 2.45) is 0 Å². The molecule has 0 fully saturated rings. The van der Waals surface area contributed by atoms with Gasteiger partial charge in [-0.2, -0.15) is 0 Å². The molecule has 0 saturated heterocycles. The molecule has 4 heteroatoms. The van der Waals surface area contributed by atoms with E-state index in [-0.39, 0.29) is 11.9 Å². The first-order valence-electron chi connectivity index (χ1n) is 7.66. The zero-order valence-electron chi connectivity index (χ0n) is 13.9. The molecule has 0 heterocycles. The number of hydrogen-bond donors (Lipinski definition) is 1. The van der Waals surface area contributed by atoms with Crippen LogP contribution in [0.4, 0.5) is 0 Å². The van der Waals surface area contributed by atoms with Gasteiger partial charge in [-0.15, -0.1) is 0 Å². The van der Waals surface area contributed by atoms with Crippen LogP contribution in [0.15, 0.2) is 42.5 Å². The summed E-state index contributed by atoms with van der Waals surface area (Å²) in [6.07, 6.45) is -0.579. The van der Waals surface area contributed by atoms with Gasteiger partial charge in [-0.3, -0.25) is 4.79 Å². The van der Waals surface area contributed by atoms with Crippen molar-refractivity contribution in [3.8, 4) is 5.75 Å². The summed E-state index contributed by atoms with van der Waals surface area (Å²) >= 11 is 5.84. The van der Waals surface area contributed by atoms with Crippen LogP contribution in [-0.2, 0) is 4.79 Å². The summed E-state index contributed by atoms with van der Waals surface area (Å²) < 4.78 is 5.65. The van der Waals surface area contributed by atoms with Gasteiger partial charge in [-0.1, -0.05) is 35.4 Å². The summed E-state index contributed by atoms with van der Waals surface area (Å²) in [7, 11) is 0. The summed E-state index contributed by atoms with van der Waals surface area (Å²) in [5, 5.41) is 3.63. The van der Waals surface area contributed by atoms with Crippen LogP contribution in [-0.4, -0.2) is 12.0 Å². The van der Waals surface area contributed by atoms with E-state index in [1.165, 1.54) is 11.1 Å². The molecular formula is C19H22ClNO2. The van der Waals surface area contributed by atoms with Crippen molar-refractivity contribution < 1.29 is 9.53 Å². The molecule has 1 amide bonds. The quantitative estimate of drug-likeness (QED) is 0.869. The highest BCUT2D eigenvalue weighted by Crippen LogP contribution is 2.20. The molecule has 2 aromatic rings. The maximum atomic E-state index is 12.3. The standard InChI is InChI=1S/C19H22ClNO2/c1-12-5-10-18(13(2)11-12)14(3)21-19(22)15(4)23-17-8-6-16(20)7-9-17/h5-11,14-15H,1-4H3,(H,21,22)/t14-,15-/m1/s1. The van der Waals surface area contributed by atoms with Crippen molar-refractivity contribution in [1.82, 2.24) is 5.32 Å². The summed E-state index contributed by atoms with van der Waals surface area (Å²) in [5.74, 6) is 0.476. The molecule has 1 N–H and O–H groups in total. The molecule has 23 heavy (non-hydrogen) atoms. The number of aryl methyl sites for hydroxylation is 2. The lowest BCUT2D eigenvalue weighted by molar-refractivity contribution is -0.127. The number of ether oxygens (including phenoxy) is 1. The molecule has 2 atom stereocenters. The highest BCUT2D eigenvalue weighted by molar-refractivity contribution is 6.30. The van der Waals surface area contributed by atoms with E-state index in [0.29, 0.717) is 10.8 Å². The van der Waals surface area contributed by atoms with E-state index >= 15 is 0 Å². The Kier molecular flexibility index (Phi) is 5.67. The Morgan fingerprint density at radius 2 is 1.74 bits per heavy atom. The highest BCUT2D eigenvalue weighted by Gasteiger charge is 2.18. The molecule has 0 aromatic heterocycles. The molecule has 0 bridgehead atoms. The molecule has 0 radical (unpaired) electrons. The Morgan fingerprint density at radius 3 is 2.35 bits per heavy atom. The first-order valence-corrected chi connectivity index (χ1v) is 8.04. The molecule has 2 aromatic carbocycles. The Bertz CT molecular complexity index is 682. The molecule has 3 nitrogen and oxygen atoms in total. The summed E-state index contributed by atoms with van der Waals surface area (Å²) in [5.41, 5.74) is 3.50. The van der Waals surface area contributed by atoms with E-state index in [0.717, 1.165) is 5.56 Å². The first kappa shape index (κ1) is 17.4. The van der Waals surface area contributed by atoms with Crippen LogP contribution in [0.2, 0.25) is 5.02 Å². The zero-order chi connectivity index (χ0) is 17.0. The van der Waals surface area contributed by atoms with Crippen molar-refractivity contribution in [1.29, 1.82) is 0 Å². The van der Waals surface area contributed by atoms with Gasteiger partial charge < -0.3 is 10.1 Å². The van der Waals surface area contributed by atoms with Crippen LogP contribution in [0, 0.1) is 13.8 Å². The number of hydrogen-bond acceptors (Lipinski definition) is 2. The molecule has 0 aliphatic rings. The van der Waals surface area contributed by atoms with Gasteiger partial charge in [0.25, 0.3) is 5.91 Å². The monoisotopic (exact) mass is 331 g/mol. The third kappa shape index (κ3) is 4.73. The van der Waals surface area contributed by atoms with Crippen molar-refractivity contribution in [2.45, 2.75) is 39.8 Å². The van der Waals surface area contributed by atoms with Crippen LogP contribution in [0.3, 0.4) is 0 Å². The lowest BCUT2D eigenvalue weighted by Crippen LogP contribution is -2.37. The Hall–Kier alpha value is -2.00. The van der Waals surface area contributed by atoms with Gasteiger partial charge in [-0.25, -0.2) is 0 Å². The fourth-order valence-corrected chi connectivity index (χ4v) is 2.62. The van der Waals surface area contributed by atoms with Gasteiger partial charge in [0, 0.05) is 5.02 Å². The van der Waals surface area contributed by atoms with Crippen molar-refractivity contribution in [3.05, 3.63) is 64.2 Å². The lowest BCUT2D eigenvalue weighted by atomic mass is 10.0. The minimum atomic E-state index is -0.579. The molecule has 0 saturated carbocycles. The van der Waals surface area contributed by atoms with Gasteiger partial charge in [0.2, 0.25) is 0 Å². The average Bonchev–Trinajstić information content (AvgIpc) is 2.49. The third-order valence-electron chi connectivity index (χ3n) is 3.75. The molecule has 0 spiro atoms. The number of halogens is 1. The lowest BCUT2D eigenvalue weighted by Gasteiger charge is -2.20. The highest BCUT2D eigenvalue weighted by atomic mass is 35.5. The second-order valence-electron chi connectivity index (χ2n) is 5.80. The molecule has 2 rings (SSSR count). The Labute approximate surface area is 142 Å². The SMILES string of the molecule is Cc1ccc([C@@H](C)NC(=O)[C@@H](C)Oc2ccc(Cl)cc2)c(C)c1.